The maximum Gasteiger partial charge on any atom is 0.129 e. The van der Waals surface area contributed by atoms with Gasteiger partial charge in [0.05, 0.1) is 16.7 Å². The van der Waals surface area contributed by atoms with Crippen LogP contribution in [0.5, 0.6) is 0 Å². The Morgan fingerprint density at radius 3 is 3.00 bits per heavy atom. The highest BCUT2D eigenvalue weighted by Crippen LogP contribution is 2.11. The van der Waals surface area contributed by atoms with Gasteiger partial charge in [0.25, 0.3) is 0 Å². The van der Waals surface area contributed by atoms with Crippen molar-refractivity contribution >= 4 is 11.0 Å². The first kappa shape index (κ1) is 11.9. The number of hydrogen-bond donors (Lipinski definition) is 2. The molecule has 0 fully saturated rings. The Labute approximate surface area is 110 Å². The van der Waals surface area contributed by atoms with E-state index in [4.69, 9.17) is 5.11 Å². The number of nitrogens with one attached hydrogen (secondary N) is 1. The topological polar surface area (TPSA) is 79.6 Å². The van der Waals surface area contributed by atoms with E-state index < -0.39 is 0 Å². The first-order valence-electron chi connectivity index (χ1n) is 6.28. The van der Waals surface area contributed by atoms with Crippen LogP contribution in [0.3, 0.4) is 0 Å². The van der Waals surface area contributed by atoms with Crippen LogP contribution < -0.4 is 0 Å². The summed E-state index contributed by atoms with van der Waals surface area (Å²) in [5.41, 5.74) is 2.88. The van der Waals surface area contributed by atoms with E-state index in [9.17, 15) is 0 Å². The highest BCUT2D eigenvalue weighted by Gasteiger charge is 2.05. The molecule has 19 heavy (non-hydrogen) atoms. The zero-order valence-electron chi connectivity index (χ0n) is 10.5. The molecular weight excluding hydrogens is 242 g/mol. The van der Waals surface area contributed by atoms with Crippen LogP contribution in [0.15, 0.2) is 30.5 Å². The van der Waals surface area contributed by atoms with Gasteiger partial charge >= 0.3 is 0 Å². The van der Waals surface area contributed by atoms with E-state index in [1.807, 2.05) is 30.5 Å². The molecule has 2 aromatic heterocycles. The van der Waals surface area contributed by atoms with E-state index in [1.165, 1.54) is 0 Å². The lowest BCUT2D eigenvalue weighted by Crippen LogP contribution is -2.02. The van der Waals surface area contributed by atoms with Crippen molar-refractivity contribution in [3.05, 3.63) is 42.0 Å². The molecular formula is C13H15N5O. The summed E-state index contributed by atoms with van der Waals surface area (Å²) in [6.07, 6.45) is 3.35. The molecule has 0 saturated carbocycles. The van der Waals surface area contributed by atoms with Gasteiger partial charge in [-0.3, -0.25) is 0 Å². The molecule has 0 aliphatic carbocycles. The second kappa shape index (κ2) is 5.19. The fraction of sp³-hybridized carbons (Fsp3) is 0.308. The summed E-state index contributed by atoms with van der Waals surface area (Å²) in [5, 5.41) is 16.9. The molecule has 6 nitrogen and oxygen atoms in total. The molecule has 0 saturated heterocycles. The molecule has 0 amide bonds. The molecule has 0 radical (unpaired) electrons. The summed E-state index contributed by atoms with van der Waals surface area (Å²) in [6.45, 7) is 0.747. The molecule has 0 aliphatic rings. The number of aliphatic hydroxyl groups is 1. The van der Waals surface area contributed by atoms with Crippen molar-refractivity contribution in [2.75, 3.05) is 6.61 Å². The van der Waals surface area contributed by atoms with Crippen LogP contribution in [0.1, 0.15) is 17.9 Å². The van der Waals surface area contributed by atoms with Crippen LogP contribution in [-0.2, 0) is 13.0 Å². The van der Waals surface area contributed by atoms with Crippen molar-refractivity contribution in [2.24, 2.45) is 0 Å². The van der Waals surface area contributed by atoms with Crippen molar-refractivity contribution in [3.8, 4) is 0 Å². The number of fused-ring (bicyclic) bond motifs is 1. The molecule has 2 heterocycles. The van der Waals surface area contributed by atoms with Crippen molar-refractivity contribution in [2.45, 2.75) is 19.4 Å². The maximum atomic E-state index is 8.78. The number of para-hydroxylation sites is 2. The summed E-state index contributed by atoms with van der Waals surface area (Å²) in [5.74, 6) is 0.861. The maximum absolute atomic E-state index is 8.78. The molecule has 1 aromatic carbocycles. The molecule has 3 aromatic rings. The molecule has 98 valence electrons. The van der Waals surface area contributed by atoms with Crippen LogP contribution >= 0.6 is 0 Å². The first-order chi connectivity index (χ1) is 9.35. The number of H-pyrrole nitrogens is 1. The van der Waals surface area contributed by atoms with Gasteiger partial charge in [0.2, 0.25) is 0 Å². The third kappa shape index (κ3) is 2.63. The SMILES string of the molecule is OCCCc1cn(Cc2nc3ccccc3[nH]2)nn1. The molecule has 0 atom stereocenters. The normalized spacial score (nSPS) is 11.2. The summed E-state index contributed by atoms with van der Waals surface area (Å²) >= 11 is 0. The van der Waals surface area contributed by atoms with Crippen molar-refractivity contribution in [1.82, 2.24) is 25.0 Å². The van der Waals surface area contributed by atoms with Gasteiger partial charge in [0.15, 0.2) is 0 Å². The molecule has 6 heteroatoms. The van der Waals surface area contributed by atoms with Gasteiger partial charge in [-0.25, -0.2) is 9.67 Å². The standard InChI is InChI=1S/C13H15N5O/c19-7-3-4-10-8-18(17-16-10)9-13-14-11-5-1-2-6-12(11)15-13/h1-2,5-6,8,19H,3-4,7,9H2,(H,14,15). The van der Waals surface area contributed by atoms with Gasteiger partial charge < -0.3 is 10.1 Å². The lowest BCUT2D eigenvalue weighted by atomic mass is 10.3. The molecule has 2 N–H and O–H groups in total. The highest BCUT2D eigenvalue weighted by atomic mass is 16.2. The van der Waals surface area contributed by atoms with Gasteiger partial charge in [-0.1, -0.05) is 17.3 Å². The minimum Gasteiger partial charge on any atom is -0.396 e. The fourth-order valence-corrected chi connectivity index (χ4v) is 2.02. The average Bonchev–Trinajstić information content (AvgIpc) is 3.02. The number of hydrogen-bond acceptors (Lipinski definition) is 4. The number of aromatic nitrogens is 5. The van der Waals surface area contributed by atoms with Crippen LogP contribution in [0.2, 0.25) is 0 Å². The Morgan fingerprint density at radius 1 is 1.26 bits per heavy atom. The smallest absolute Gasteiger partial charge is 0.129 e. The molecule has 3 rings (SSSR count). The Morgan fingerprint density at radius 2 is 2.16 bits per heavy atom. The first-order valence-corrected chi connectivity index (χ1v) is 6.28. The number of nitrogens with zero attached hydrogens (tertiary/aromatic N) is 4. The molecule has 0 bridgehead atoms. The van der Waals surface area contributed by atoms with E-state index >= 15 is 0 Å². The predicted molar refractivity (Wildman–Crippen MR) is 70.6 cm³/mol. The van der Waals surface area contributed by atoms with Gasteiger partial charge in [0.1, 0.15) is 12.4 Å². The third-order valence-corrected chi connectivity index (χ3v) is 2.93. The monoisotopic (exact) mass is 257 g/mol. The lowest BCUT2D eigenvalue weighted by molar-refractivity contribution is 0.288. The third-order valence-electron chi connectivity index (χ3n) is 2.93. The summed E-state index contributed by atoms with van der Waals surface area (Å²) in [7, 11) is 0. The number of aromatic amines is 1. The minimum atomic E-state index is 0.177. The van der Waals surface area contributed by atoms with Crippen LogP contribution in [-0.4, -0.2) is 36.7 Å². The second-order valence-corrected chi connectivity index (χ2v) is 4.44. The summed E-state index contributed by atoms with van der Waals surface area (Å²) in [6, 6.07) is 7.92. The van der Waals surface area contributed by atoms with Crippen LogP contribution in [0.4, 0.5) is 0 Å². The number of aryl methyl sites for hydroxylation is 1. The van der Waals surface area contributed by atoms with E-state index in [-0.39, 0.29) is 6.61 Å². The average molecular weight is 257 g/mol. The molecule has 0 spiro atoms. The second-order valence-electron chi connectivity index (χ2n) is 4.44. The zero-order chi connectivity index (χ0) is 13.1. The van der Waals surface area contributed by atoms with Crippen molar-refractivity contribution in [3.63, 3.8) is 0 Å². The summed E-state index contributed by atoms with van der Waals surface area (Å²) in [4.78, 5) is 7.75. The Balaban J connectivity index is 1.75. The predicted octanol–water partition coefficient (Wildman–Crippen LogP) is 1.13. The van der Waals surface area contributed by atoms with Crippen molar-refractivity contribution < 1.29 is 5.11 Å². The Kier molecular flexibility index (Phi) is 3.24. The number of imidazole rings is 1. The molecule has 0 unspecified atom stereocenters. The fourth-order valence-electron chi connectivity index (χ4n) is 2.02. The largest absolute Gasteiger partial charge is 0.396 e. The van der Waals surface area contributed by atoms with Crippen LogP contribution in [0, 0.1) is 0 Å². The summed E-state index contributed by atoms with van der Waals surface area (Å²) < 4.78 is 1.75. The Bertz CT molecular complexity index is 639. The number of benzene rings is 1. The van der Waals surface area contributed by atoms with Gasteiger partial charge in [0, 0.05) is 12.8 Å². The van der Waals surface area contributed by atoms with Gasteiger partial charge in [-0.05, 0) is 25.0 Å². The van der Waals surface area contributed by atoms with E-state index in [0.29, 0.717) is 13.0 Å². The van der Waals surface area contributed by atoms with E-state index in [1.54, 1.807) is 4.68 Å². The molecule has 0 aliphatic heterocycles. The highest BCUT2D eigenvalue weighted by molar-refractivity contribution is 5.74. The minimum absolute atomic E-state index is 0.177. The quantitative estimate of drug-likeness (QED) is 0.718. The number of rotatable bonds is 5. The van der Waals surface area contributed by atoms with Crippen LogP contribution in [0.25, 0.3) is 11.0 Å². The van der Waals surface area contributed by atoms with Gasteiger partial charge in [-0.15, -0.1) is 5.10 Å². The van der Waals surface area contributed by atoms with Gasteiger partial charge in [-0.2, -0.15) is 0 Å². The lowest BCUT2D eigenvalue weighted by Gasteiger charge is -1.95. The Hall–Kier alpha value is -2.21. The van der Waals surface area contributed by atoms with Crippen molar-refractivity contribution in [1.29, 1.82) is 0 Å². The van der Waals surface area contributed by atoms with E-state index in [2.05, 4.69) is 20.3 Å². The number of aliphatic hydroxyl groups excluding tert-OH is 1. The van der Waals surface area contributed by atoms with E-state index in [0.717, 1.165) is 29.0 Å². The zero-order valence-corrected chi connectivity index (χ0v) is 10.5.